The molecule has 76 heavy (non-hydrogen) atoms. The summed E-state index contributed by atoms with van der Waals surface area (Å²) in [7, 11) is 0. The number of aryl methyl sites for hydroxylation is 4. The molecule has 0 radical (unpaired) electrons. The number of para-hydroxylation sites is 5. The standard InChI is InChI=1S/C71H53N3O2/c1-46-38-47(2)41-55(40-46)72(63-30-18-28-59-57-26-14-16-32-67(57)75-69(59)63)53-34-36-61-65(44-53)74(52-24-12-7-13-25-52)66-45-54(35-37-62(66)71(61,50-20-8-5-9-21-50)51-22-10-6-11-23-51)73(56-42-48(3)39-49(4)43-56)64-31-19-29-60-58-27-15-17-33-68(58)76-70(60)64/h5-45H,1-4H3. The van der Waals surface area contributed by atoms with Crippen LogP contribution in [-0.4, -0.2) is 0 Å². The summed E-state index contributed by atoms with van der Waals surface area (Å²) >= 11 is 0. The molecule has 0 spiro atoms. The number of nitrogens with zero attached hydrogens (tertiary/aromatic N) is 3. The Morgan fingerprint density at radius 3 is 1.14 bits per heavy atom. The van der Waals surface area contributed by atoms with Gasteiger partial charge in [-0.25, -0.2) is 0 Å². The first-order valence-electron chi connectivity index (χ1n) is 26.1. The molecule has 0 aliphatic carbocycles. The lowest BCUT2D eigenvalue weighted by molar-refractivity contribution is 0.668. The lowest BCUT2D eigenvalue weighted by Gasteiger charge is -2.47. The van der Waals surface area contributed by atoms with Crippen LogP contribution in [0.15, 0.2) is 258 Å². The molecule has 2 aromatic heterocycles. The van der Waals surface area contributed by atoms with E-state index in [1.807, 2.05) is 12.1 Å². The van der Waals surface area contributed by atoms with Gasteiger partial charge in [0.1, 0.15) is 11.2 Å². The lowest BCUT2D eigenvalue weighted by Crippen LogP contribution is -2.38. The molecule has 0 N–H and O–H groups in total. The molecule has 0 saturated carbocycles. The molecule has 0 amide bonds. The highest BCUT2D eigenvalue weighted by molar-refractivity contribution is 6.12. The summed E-state index contributed by atoms with van der Waals surface area (Å²) in [5, 5.41) is 4.34. The average Bonchev–Trinajstić information content (AvgIpc) is 4.16. The van der Waals surface area contributed by atoms with E-state index in [4.69, 9.17) is 8.83 Å². The fourth-order valence-corrected chi connectivity index (χ4v) is 12.4. The quantitative estimate of drug-likeness (QED) is 0.144. The van der Waals surface area contributed by atoms with E-state index in [-0.39, 0.29) is 0 Å². The SMILES string of the molecule is Cc1cc(C)cc(N(c2ccc3c(c2)N(c2ccccc2)c2cc(N(c4cc(C)cc(C)c4)c4cccc5c4oc4ccccc45)ccc2C3(c2ccccc2)c2ccccc2)c2cccc3c2oc2ccccc23)c1. The highest BCUT2D eigenvalue weighted by Gasteiger charge is 2.47. The summed E-state index contributed by atoms with van der Waals surface area (Å²) in [6.07, 6.45) is 0. The molecule has 14 rings (SSSR count). The van der Waals surface area contributed by atoms with E-state index in [1.54, 1.807) is 0 Å². The van der Waals surface area contributed by atoms with Crippen LogP contribution >= 0.6 is 0 Å². The number of rotatable bonds is 9. The monoisotopic (exact) mass is 979 g/mol. The van der Waals surface area contributed by atoms with Gasteiger partial charge >= 0.3 is 0 Å². The predicted molar refractivity (Wildman–Crippen MR) is 316 cm³/mol. The van der Waals surface area contributed by atoms with Crippen LogP contribution in [0.5, 0.6) is 0 Å². The summed E-state index contributed by atoms with van der Waals surface area (Å²) in [6.45, 7) is 8.72. The van der Waals surface area contributed by atoms with Crippen molar-refractivity contribution in [1.29, 1.82) is 0 Å². The van der Waals surface area contributed by atoms with Gasteiger partial charge < -0.3 is 23.5 Å². The molecule has 0 saturated heterocycles. The zero-order valence-electron chi connectivity index (χ0n) is 42.8. The fraction of sp³-hybridized carbons (Fsp3) is 0.0704. The largest absolute Gasteiger partial charge is 0.454 e. The Hall–Kier alpha value is -9.58. The zero-order chi connectivity index (χ0) is 51.1. The predicted octanol–water partition coefficient (Wildman–Crippen LogP) is 19.8. The van der Waals surface area contributed by atoms with Crippen molar-refractivity contribution in [3.63, 3.8) is 0 Å². The van der Waals surface area contributed by atoms with E-state index in [9.17, 15) is 0 Å². The number of fused-ring (bicyclic) bond motifs is 8. The summed E-state index contributed by atoms with van der Waals surface area (Å²) in [5.74, 6) is 0. The third-order valence-corrected chi connectivity index (χ3v) is 15.4. The Bertz CT molecular complexity index is 4060. The molecule has 1 aliphatic rings. The molecular weight excluding hydrogens is 927 g/mol. The maximum atomic E-state index is 6.87. The van der Waals surface area contributed by atoms with E-state index in [1.165, 1.54) is 44.5 Å². The molecule has 0 unspecified atom stereocenters. The van der Waals surface area contributed by atoms with Crippen LogP contribution in [0.25, 0.3) is 43.9 Å². The normalized spacial score (nSPS) is 12.8. The van der Waals surface area contributed by atoms with Crippen LogP contribution < -0.4 is 14.7 Å². The van der Waals surface area contributed by atoms with Crippen molar-refractivity contribution >= 4 is 95.1 Å². The van der Waals surface area contributed by atoms with E-state index >= 15 is 0 Å². The van der Waals surface area contributed by atoms with Crippen molar-refractivity contribution in [1.82, 2.24) is 0 Å². The first-order chi connectivity index (χ1) is 37.3. The number of anilines is 9. The van der Waals surface area contributed by atoms with Gasteiger partial charge in [0.15, 0.2) is 11.2 Å². The molecule has 13 aromatic rings. The molecule has 5 heteroatoms. The molecule has 1 aliphatic heterocycles. The lowest BCUT2D eigenvalue weighted by atomic mass is 9.62. The Kier molecular flexibility index (Phi) is 10.6. The van der Waals surface area contributed by atoms with Gasteiger partial charge in [-0.1, -0.05) is 164 Å². The average molecular weight is 980 g/mol. The number of hydrogen-bond donors (Lipinski definition) is 0. The number of benzene rings is 11. The Morgan fingerprint density at radius 1 is 0.329 bits per heavy atom. The second kappa shape index (κ2) is 17.8. The third-order valence-electron chi connectivity index (χ3n) is 15.4. The number of furan rings is 2. The summed E-state index contributed by atoms with van der Waals surface area (Å²) in [4.78, 5) is 7.27. The Labute approximate surface area is 442 Å². The minimum Gasteiger partial charge on any atom is -0.454 e. The second-order valence-electron chi connectivity index (χ2n) is 20.4. The summed E-state index contributed by atoms with van der Waals surface area (Å²) in [5.41, 5.74) is 21.2. The van der Waals surface area contributed by atoms with Gasteiger partial charge in [-0.3, -0.25) is 0 Å². The van der Waals surface area contributed by atoms with Crippen LogP contribution in [0, 0.1) is 27.7 Å². The first-order valence-corrected chi connectivity index (χ1v) is 26.1. The van der Waals surface area contributed by atoms with Crippen molar-refractivity contribution in [3.05, 3.63) is 293 Å². The topological polar surface area (TPSA) is 36.0 Å². The van der Waals surface area contributed by atoms with Gasteiger partial charge in [-0.15, -0.1) is 0 Å². The first kappa shape index (κ1) is 45.1. The smallest absolute Gasteiger partial charge is 0.159 e. The highest BCUT2D eigenvalue weighted by Crippen LogP contribution is 2.60. The number of hydrogen-bond acceptors (Lipinski definition) is 5. The van der Waals surface area contributed by atoms with Crippen molar-refractivity contribution < 1.29 is 8.83 Å². The summed E-state index contributed by atoms with van der Waals surface area (Å²) < 4.78 is 13.7. The van der Waals surface area contributed by atoms with Crippen molar-refractivity contribution in [2.45, 2.75) is 33.1 Å². The fourth-order valence-electron chi connectivity index (χ4n) is 12.4. The van der Waals surface area contributed by atoms with Gasteiger partial charge in [0, 0.05) is 50.0 Å². The van der Waals surface area contributed by atoms with Gasteiger partial charge in [0.2, 0.25) is 0 Å². The zero-order valence-corrected chi connectivity index (χ0v) is 42.8. The van der Waals surface area contributed by atoms with E-state index in [2.05, 4.69) is 279 Å². The second-order valence-corrected chi connectivity index (χ2v) is 20.4. The van der Waals surface area contributed by atoms with Gasteiger partial charge in [0.05, 0.1) is 28.2 Å². The van der Waals surface area contributed by atoms with Crippen LogP contribution in [-0.2, 0) is 5.41 Å². The van der Waals surface area contributed by atoms with Crippen LogP contribution in [0.4, 0.5) is 51.2 Å². The van der Waals surface area contributed by atoms with Crippen LogP contribution in [0.1, 0.15) is 44.5 Å². The molecule has 5 nitrogen and oxygen atoms in total. The van der Waals surface area contributed by atoms with Crippen LogP contribution in [0.2, 0.25) is 0 Å². The molecule has 364 valence electrons. The van der Waals surface area contributed by atoms with Crippen molar-refractivity contribution in [2.24, 2.45) is 0 Å². The molecule has 11 aromatic carbocycles. The summed E-state index contributed by atoms with van der Waals surface area (Å²) in [6, 6.07) is 90.6. The van der Waals surface area contributed by atoms with Gasteiger partial charge in [0.25, 0.3) is 0 Å². The van der Waals surface area contributed by atoms with Crippen molar-refractivity contribution in [2.75, 3.05) is 14.7 Å². The molecule has 0 bridgehead atoms. The van der Waals surface area contributed by atoms with E-state index in [0.29, 0.717) is 0 Å². The Morgan fingerprint density at radius 2 is 0.711 bits per heavy atom. The van der Waals surface area contributed by atoms with Gasteiger partial charge in [-0.05, 0) is 157 Å². The molecule has 0 fully saturated rings. The van der Waals surface area contributed by atoms with E-state index < -0.39 is 5.41 Å². The maximum Gasteiger partial charge on any atom is 0.159 e. The molecular formula is C71H53N3O2. The minimum absolute atomic E-state index is 0.761. The van der Waals surface area contributed by atoms with E-state index in [0.717, 1.165) is 95.1 Å². The van der Waals surface area contributed by atoms with Crippen LogP contribution in [0.3, 0.4) is 0 Å². The molecule has 3 heterocycles. The third kappa shape index (κ3) is 7.15. The Balaban J connectivity index is 1.09. The molecule has 0 atom stereocenters. The minimum atomic E-state index is -0.761. The van der Waals surface area contributed by atoms with Gasteiger partial charge in [-0.2, -0.15) is 0 Å². The maximum absolute atomic E-state index is 6.87. The van der Waals surface area contributed by atoms with Crippen molar-refractivity contribution in [3.8, 4) is 0 Å². The highest BCUT2D eigenvalue weighted by atomic mass is 16.3.